The first kappa shape index (κ1) is 24.4. The molecular formula is C26H36N4OS2. The van der Waals surface area contributed by atoms with Gasteiger partial charge in [-0.15, -0.1) is 11.3 Å². The topological polar surface area (TPSA) is 59.0 Å². The van der Waals surface area contributed by atoms with Crippen LogP contribution in [0.2, 0.25) is 0 Å². The summed E-state index contributed by atoms with van der Waals surface area (Å²) in [5.74, 6) is 1.06. The van der Waals surface area contributed by atoms with Gasteiger partial charge in [-0.2, -0.15) is 0 Å². The van der Waals surface area contributed by atoms with Gasteiger partial charge in [-0.05, 0) is 55.6 Å². The molecule has 0 unspecified atom stereocenters. The summed E-state index contributed by atoms with van der Waals surface area (Å²) in [5.41, 5.74) is 5.18. The number of aromatic nitrogens is 3. The SMILES string of the molecule is CCCCN(CCCC)C(=O)CSc1ncnc2c1sc1nc(C(C)C)c3c(c12)CCCC3. The highest BCUT2D eigenvalue weighted by Gasteiger charge is 2.24. The first-order valence-electron chi connectivity index (χ1n) is 12.5. The summed E-state index contributed by atoms with van der Waals surface area (Å²) in [7, 11) is 0. The van der Waals surface area contributed by atoms with Crippen LogP contribution < -0.4 is 0 Å². The molecule has 0 radical (unpaired) electrons. The van der Waals surface area contributed by atoms with Crippen molar-refractivity contribution in [2.75, 3.05) is 18.8 Å². The van der Waals surface area contributed by atoms with Crippen LogP contribution >= 0.6 is 23.1 Å². The number of carbonyl (C=O) groups is 1. The molecule has 178 valence electrons. The molecular weight excluding hydrogens is 448 g/mol. The van der Waals surface area contributed by atoms with Gasteiger partial charge in [0.2, 0.25) is 5.91 Å². The Morgan fingerprint density at radius 2 is 1.79 bits per heavy atom. The minimum absolute atomic E-state index is 0.215. The second-order valence-corrected chi connectivity index (χ2v) is 11.3. The van der Waals surface area contributed by atoms with E-state index in [0.29, 0.717) is 11.7 Å². The Morgan fingerprint density at radius 3 is 2.45 bits per heavy atom. The summed E-state index contributed by atoms with van der Waals surface area (Å²) in [4.78, 5) is 30.5. The van der Waals surface area contributed by atoms with E-state index in [4.69, 9.17) is 9.97 Å². The largest absolute Gasteiger partial charge is 0.342 e. The molecule has 0 atom stereocenters. The average Bonchev–Trinajstić information content (AvgIpc) is 3.21. The standard InChI is InChI=1S/C26H36N4OS2/c1-5-7-13-30(14-8-6-2)20(31)15-32-26-24-23(27-16-28-26)21-18-11-9-10-12-19(18)22(17(3)4)29-25(21)33-24/h16-17H,5-15H2,1-4H3. The Hall–Kier alpha value is -1.73. The second-order valence-electron chi connectivity index (χ2n) is 9.33. The zero-order chi connectivity index (χ0) is 23.4. The number of fused-ring (bicyclic) bond motifs is 5. The molecule has 0 aliphatic heterocycles. The molecule has 0 saturated heterocycles. The van der Waals surface area contributed by atoms with Crippen LogP contribution in [0.3, 0.4) is 0 Å². The predicted molar refractivity (Wildman–Crippen MR) is 141 cm³/mol. The molecule has 3 aromatic heterocycles. The van der Waals surface area contributed by atoms with Crippen LogP contribution in [-0.2, 0) is 17.6 Å². The van der Waals surface area contributed by atoms with E-state index < -0.39 is 0 Å². The zero-order valence-electron chi connectivity index (χ0n) is 20.4. The molecule has 5 nitrogen and oxygen atoms in total. The van der Waals surface area contributed by atoms with Gasteiger partial charge in [0.25, 0.3) is 0 Å². The van der Waals surface area contributed by atoms with Gasteiger partial charge in [-0.3, -0.25) is 4.79 Å². The summed E-state index contributed by atoms with van der Waals surface area (Å²) in [6, 6.07) is 0. The summed E-state index contributed by atoms with van der Waals surface area (Å²) in [6.45, 7) is 10.5. The highest BCUT2D eigenvalue weighted by molar-refractivity contribution is 8.00. The first-order valence-corrected chi connectivity index (χ1v) is 14.3. The number of aryl methyl sites for hydroxylation is 1. The van der Waals surface area contributed by atoms with Crippen LogP contribution in [0.15, 0.2) is 11.4 Å². The van der Waals surface area contributed by atoms with Crippen molar-refractivity contribution in [2.24, 2.45) is 0 Å². The van der Waals surface area contributed by atoms with Crippen molar-refractivity contribution in [3.05, 3.63) is 23.1 Å². The van der Waals surface area contributed by atoms with Crippen molar-refractivity contribution in [1.82, 2.24) is 19.9 Å². The highest BCUT2D eigenvalue weighted by Crippen LogP contribution is 2.42. The first-order chi connectivity index (χ1) is 16.0. The number of thiophene rings is 1. The molecule has 0 bridgehead atoms. The maximum Gasteiger partial charge on any atom is 0.232 e. The number of unbranched alkanes of at least 4 members (excludes halogenated alkanes) is 2. The molecule has 7 heteroatoms. The number of hydrogen-bond acceptors (Lipinski definition) is 6. The number of pyridine rings is 1. The molecule has 0 saturated carbocycles. The maximum atomic E-state index is 13.0. The maximum absolute atomic E-state index is 13.0. The Morgan fingerprint density at radius 1 is 1.09 bits per heavy atom. The molecule has 0 aromatic carbocycles. The van der Waals surface area contributed by atoms with E-state index in [9.17, 15) is 4.79 Å². The van der Waals surface area contributed by atoms with Crippen molar-refractivity contribution in [2.45, 2.75) is 90.0 Å². The van der Waals surface area contributed by atoms with E-state index >= 15 is 0 Å². The summed E-state index contributed by atoms with van der Waals surface area (Å²) < 4.78 is 1.08. The number of amides is 1. The fourth-order valence-electron chi connectivity index (χ4n) is 4.73. The Kier molecular flexibility index (Phi) is 8.23. The average molecular weight is 485 g/mol. The molecule has 4 rings (SSSR count). The summed E-state index contributed by atoms with van der Waals surface area (Å²) in [5, 5.41) is 2.15. The van der Waals surface area contributed by atoms with Gasteiger partial charge in [0.05, 0.1) is 16.0 Å². The fourth-order valence-corrected chi connectivity index (χ4v) is 6.87. The quantitative estimate of drug-likeness (QED) is 0.235. The van der Waals surface area contributed by atoms with Gasteiger partial charge in [0, 0.05) is 24.2 Å². The van der Waals surface area contributed by atoms with Crippen molar-refractivity contribution in [3.8, 4) is 0 Å². The van der Waals surface area contributed by atoms with Gasteiger partial charge in [-0.25, -0.2) is 15.0 Å². The predicted octanol–water partition coefficient (Wildman–Crippen LogP) is 6.76. The lowest BCUT2D eigenvalue weighted by Gasteiger charge is -2.22. The molecule has 3 heterocycles. The van der Waals surface area contributed by atoms with E-state index in [1.54, 1.807) is 29.4 Å². The van der Waals surface area contributed by atoms with E-state index in [1.165, 1.54) is 35.0 Å². The molecule has 1 aliphatic rings. The Bertz CT molecular complexity index is 1120. The highest BCUT2D eigenvalue weighted by atomic mass is 32.2. The van der Waals surface area contributed by atoms with Crippen molar-refractivity contribution >= 4 is 49.4 Å². The van der Waals surface area contributed by atoms with Gasteiger partial charge in [-0.1, -0.05) is 52.3 Å². The fraction of sp³-hybridized carbons (Fsp3) is 0.615. The minimum atomic E-state index is 0.215. The smallest absolute Gasteiger partial charge is 0.232 e. The van der Waals surface area contributed by atoms with Crippen LogP contribution in [0.4, 0.5) is 0 Å². The molecule has 1 amide bonds. The van der Waals surface area contributed by atoms with Gasteiger partial charge >= 0.3 is 0 Å². The van der Waals surface area contributed by atoms with E-state index in [1.807, 2.05) is 4.90 Å². The monoisotopic (exact) mass is 484 g/mol. The number of thioether (sulfide) groups is 1. The zero-order valence-corrected chi connectivity index (χ0v) is 22.1. The van der Waals surface area contributed by atoms with Crippen molar-refractivity contribution in [1.29, 1.82) is 0 Å². The van der Waals surface area contributed by atoms with Gasteiger partial charge in [0.1, 0.15) is 16.2 Å². The van der Waals surface area contributed by atoms with Gasteiger partial charge < -0.3 is 4.90 Å². The molecule has 1 aliphatic carbocycles. The molecule has 0 N–H and O–H groups in total. The molecule has 3 aromatic rings. The molecule has 0 spiro atoms. The third-order valence-electron chi connectivity index (χ3n) is 6.52. The molecule has 33 heavy (non-hydrogen) atoms. The lowest BCUT2D eigenvalue weighted by Crippen LogP contribution is -2.34. The third kappa shape index (κ3) is 5.19. The Balaban J connectivity index is 1.65. The third-order valence-corrected chi connectivity index (χ3v) is 8.70. The number of rotatable bonds is 10. The van der Waals surface area contributed by atoms with Crippen molar-refractivity contribution < 1.29 is 4.79 Å². The van der Waals surface area contributed by atoms with Crippen LogP contribution in [0.1, 0.15) is 89.0 Å². The van der Waals surface area contributed by atoms with E-state index in [0.717, 1.165) is 71.7 Å². The second kappa shape index (κ2) is 11.1. The summed E-state index contributed by atoms with van der Waals surface area (Å²) >= 11 is 3.26. The number of hydrogen-bond donors (Lipinski definition) is 0. The van der Waals surface area contributed by atoms with Crippen LogP contribution in [0, 0.1) is 0 Å². The van der Waals surface area contributed by atoms with E-state index in [-0.39, 0.29) is 5.91 Å². The van der Waals surface area contributed by atoms with E-state index in [2.05, 4.69) is 32.7 Å². The number of nitrogens with zero attached hydrogens (tertiary/aromatic N) is 4. The van der Waals surface area contributed by atoms with Crippen molar-refractivity contribution in [3.63, 3.8) is 0 Å². The lowest BCUT2D eigenvalue weighted by atomic mass is 9.86. The molecule has 0 fully saturated rings. The van der Waals surface area contributed by atoms with Crippen LogP contribution in [0.5, 0.6) is 0 Å². The summed E-state index contributed by atoms with van der Waals surface area (Å²) in [6.07, 6.45) is 10.7. The minimum Gasteiger partial charge on any atom is -0.342 e. The Labute approximate surface area is 205 Å². The number of carbonyl (C=O) groups excluding carboxylic acids is 1. The van der Waals surface area contributed by atoms with Crippen LogP contribution in [0.25, 0.3) is 20.4 Å². The van der Waals surface area contributed by atoms with Crippen LogP contribution in [-0.4, -0.2) is 44.6 Å². The lowest BCUT2D eigenvalue weighted by molar-refractivity contribution is -0.128. The van der Waals surface area contributed by atoms with Gasteiger partial charge in [0.15, 0.2) is 0 Å². The normalized spacial score (nSPS) is 13.7.